The molecule has 0 radical (unpaired) electrons. The maximum atomic E-state index is 11.4. The number of aromatic nitrogens is 1. The van der Waals surface area contributed by atoms with Gasteiger partial charge in [0.1, 0.15) is 0 Å². The Kier molecular flexibility index (Phi) is 2.07. The van der Waals surface area contributed by atoms with E-state index in [1.807, 2.05) is 24.4 Å². The molecule has 1 aromatic heterocycles. The monoisotopic (exact) mass is 232 g/mol. The zero-order valence-electron chi connectivity index (χ0n) is 8.46. The molecular formula is C12H9ClN2O. The third kappa shape index (κ3) is 1.44. The van der Waals surface area contributed by atoms with Crippen molar-refractivity contribution in [1.29, 1.82) is 0 Å². The van der Waals surface area contributed by atoms with Gasteiger partial charge >= 0.3 is 0 Å². The molecule has 0 saturated heterocycles. The van der Waals surface area contributed by atoms with Crippen LogP contribution in [0.1, 0.15) is 12.1 Å². The van der Waals surface area contributed by atoms with Gasteiger partial charge in [0.05, 0.1) is 11.4 Å². The van der Waals surface area contributed by atoms with Crippen LogP contribution in [0.5, 0.6) is 0 Å². The molecule has 1 aromatic carbocycles. The lowest BCUT2D eigenvalue weighted by atomic mass is 10.0. The summed E-state index contributed by atoms with van der Waals surface area (Å²) in [7, 11) is 0. The molecule has 3 rings (SSSR count). The number of nitrogens with one attached hydrogen (secondary N) is 1. The lowest BCUT2D eigenvalue weighted by Gasteiger charge is -2.17. The van der Waals surface area contributed by atoms with E-state index in [1.54, 1.807) is 0 Å². The van der Waals surface area contributed by atoms with Crippen LogP contribution in [0.15, 0.2) is 24.4 Å². The number of anilines is 1. The van der Waals surface area contributed by atoms with E-state index in [2.05, 4.69) is 10.3 Å². The molecule has 0 bridgehead atoms. The molecule has 1 amide bonds. The molecule has 2 heterocycles. The number of fused-ring (bicyclic) bond motifs is 3. The highest BCUT2D eigenvalue weighted by Crippen LogP contribution is 2.31. The highest BCUT2D eigenvalue weighted by Gasteiger charge is 2.18. The van der Waals surface area contributed by atoms with Crippen LogP contribution in [0, 0.1) is 0 Å². The van der Waals surface area contributed by atoms with Crippen LogP contribution in [-0.4, -0.2) is 10.9 Å². The van der Waals surface area contributed by atoms with Crippen LogP contribution in [0.25, 0.3) is 10.8 Å². The third-order valence-corrected chi connectivity index (χ3v) is 3.02. The SMILES string of the molecule is O=C1CCc2ncc3ccc(Cl)cc3c2N1. The first-order valence-corrected chi connectivity index (χ1v) is 5.49. The second-order valence-electron chi connectivity index (χ2n) is 3.86. The summed E-state index contributed by atoms with van der Waals surface area (Å²) in [6.07, 6.45) is 3.03. The summed E-state index contributed by atoms with van der Waals surface area (Å²) in [6.45, 7) is 0. The van der Waals surface area contributed by atoms with E-state index in [1.165, 1.54) is 0 Å². The smallest absolute Gasteiger partial charge is 0.224 e. The van der Waals surface area contributed by atoms with E-state index in [4.69, 9.17) is 11.6 Å². The third-order valence-electron chi connectivity index (χ3n) is 2.79. The summed E-state index contributed by atoms with van der Waals surface area (Å²) in [5.41, 5.74) is 1.76. The molecule has 1 aliphatic heterocycles. The van der Waals surface area contributed by atoms with E-state index in [-0.39, 0.29) is 5.91 Å². The zero-order chi connectivity index (χ0) is 11.1. The predicted molar refractivity (Wildman–Crippen MR) is 63.7 cm³/mol. The molecule has 0 atom stereocenters. The Labute approximate surface area is 97.4 Å². The molecule has 3 nitrogen and oxygen atoms in total. The van der Waals surface area contributed by atoms with Crippen molar-refractivity contribution in [2.75, 3.05) is 5.32 Å². The fraction of sp³-hybridized carbons (Fsp3) is 0.167. The maximum absolute atomic E-state index is 11.4. The Morgan fingerprint density at radius 1 is 1.31 bits per heavy atom. The van der Waals surface area contributed by atoms with Crippen LogP contribution in [0.4, 0.5) is 5.69 Å². The molecule has 1 aliphatic rings. The molecule has 0 saturated carbocycles. The van der Waals surface area contributed by atoms with Crippen molar-refractivity contribution >= 4 is 34.0 Å². The molecule has 80 valence electrons. The van der Waals surface area contributed by atoms with Gasteiger partial charge in [-0.05, 0) is 12.1 Å². The van der Waals surface area contributed by atoms with Crippen molar-refractivity contribution in [2.24, 2.45) is 0 Å². The van der Waals surface area contributed by atoms with Gasteiger partial charge in [-0.1, -0.05) is 17.7 Å². The first kappa shape index (κ1) is 9.60. The van der Waals surface area contributed by atoms with Gasteiger partial charge in [-0.25, -0.2) is 0 Å². The number of amides is 1. The van der Waals surface area contributed by atoms with Crippen molar-refractivity contribution in [1.82, 2.24) is 4.98 Å². The van der Waals surface area contributed by atoms with Crippen LogP contribution in [0.2, 0.25) is 5.02 Å². The first-order valence-electron chi connectivity index (χ1n) is 5.11. The van der Waals surface area contributed by atoms with Crippen LogP contribution >= 0.6 is 11.6 Å². The number of pyridine rings is 1. The molecule has 0 fully saturated rings. The summed E-state index contributed by atoms with van der Waals surface area (Å²) in [5.74, 6) is 0.0433. The topological polar surface area (TPSA) is 42.0 Å². The standard InChI is InChI=1S/C12H9ClN2O/c13-8-2-1-7-6-14-10-3-4-11(16)15-12(10)9(7)5-8/h1-2,5-6H,3-4H2,(H,15,16). The Bertz CT molecular complexity index is 595. The number of benzene rings is 1. The lowest BCUT2D eigenvalue weighted by molar-refractivity contribution is -0.116. The second kappa shape index (κ2) is 3.46. The highest BCUT2D eigenvalue weighted by atomic mass is 35.5. The molecule has 0 spiro atoms. The normalized spacial score (nSPS) is 14.7. The molecule has 1 N–H and O–H groups in total. The first-order chi connectivity index (χ1) is 7.74. The van der Waals surface area contributed by atoms with Gasteiger partial charge in [-0.2, -0.15) is 0 Å². The van der Waals surface area contributed by atoms with Gasteiger partial charge in [0.15, 0.2) is 0 Å². The van der Waals surface area contributed by atoms with Gasteiger partial charge < -0.3 is 5.32 Å². The lowest BCUT2D eigenvalue weighted by Crippen LogP contribution is -2.20. The number of hydrogen-bond donors (Lipinski definition) is 1. The van der Waals surface area contributed by atoms with Crippen molar-refractivity contribution in [3.63, 3.8) is 0 Å². The average molecular weight is 233 g/mol. The predicted octanol–water partition coefficient (Wildman–Crippen LogP) is 2.77. The Morgan fingerprint density at radius 3 is 3.06 bits per heavy atom. The van der Waals surface area contributed by atoms with E-state index in [0.717, 1.165) is 22.2 Å². The molecule has 16 heavy (non-hydrogen) atoms. The van der Waals surface area contributed by atoms with Crippen molar-refractivity contribution < 1.29 is 4.79 Å². The molecule has 4 heteroatoms. The minimum absolute atomic E-state index is 0.0433. The van der Waals surface area contributed by atoms with Crippen LogP contribution in [0.3, 0.4) is 0 Å². The van der Waals surface area contributed by atoms with Gasteiger partial charge in [-0.3, -0.25) is 9.78 Å². The summed E-state index contributed by atoms with van der Waals surface area (Å²) in [5, 5.41) is 5.49. The molecule has 2 aromatic rings. The number of hydrogen-bond acceptors (Lipinski definition) is 2. The van der Waals surface area contributed by atoms with Crippen molar-refractivity contribution in [3.8, 4) is 0 Å². The maximum Gasteiger partial charge on any atom is 0.224 e. The Morgan fingerprint density at radius 2 is 2.19 bits per heavy atom. The van der Waals surface area contributed by atoms with E-state index in [0.29, 0.717) is 17.9 Å². The average Bonchev–Trinajstić information content (AvgIpc) is 2.29. The highest BCUT2D eigenvalue weighted by molar-refractivity contribution is 6.31. The van der Waals surface area contributed by atoms with Crippen molar-refractivity contribution in [3.05, 3.63) is 35.1 Å². The number of nitrogens with zero attached hydrogens (tertiary/aromatic N) is 1. The molecule has 0 unspecified atom stereocenters. The van der Waals surface area contributed by atoms with Crippen LogP contribution in [-0.2, 0) is 11.2 Å². The fourth-order valence-electron chi connectivity index (χ4n) is 1.99. The Hall–Kier alpha value is -1.61. The number of rotatable bonds is 0. The van der Waals surface area contributed by atoms with Gasteiger partial charge in [-0.15, -0.1) is 0 Å². The number of aryl methyl sites for hydroxylation is 1. The molecule has 0 aliphatic carbocycles. The summed E-state index contributed by atoms with van der Waals surface area (Å²) in [6, 6.07) is 5.59. The zero-order valence-corrected chi connectivity index (χ0v) is 9.21. The van der Waals surface area contributed by atoms with Crippen molar-refractivity contribution in [2.45, 2.75) is 12.8 Å². The van der Waals surface area contributed by atoms with Gasteiger partial charge in [0.2, 0.25) is 5.91 Å². The van der Waals surface area contributed by atoms with E-state index >= 15 is 0 Å². The van der Waals surface area contributed by atoms with E-state index < -0.39 is 0 Å². The quantitative estimate of drug-likeness (QED) is 0.759. The number of carbonyl (C=O) groups is 1. The minimum atomic E-state index is 0.0433. The molecular weight excluding hydrogens is 224 g/mol. The van der Waals surface area contributed by atoms with Gasteiger partial charge in [0, 0.05) is 34.8 Å². The number of halogens is 1. The van der Waals surface area contributed by atoms with E-state index in [9.17, 15) is 4.79 Å². The second-order valence-corrected chi connectivity index (χ2v) is 4.30. The summed E-state index contributed by atoms with van der Waals surface area (Å²) >= 11 is 5.96. The minimum Gasteiger partial charge on any atom is -0.324 e. The number of carbonyl (C=O) groups excluding carboxylic acids is 1. The van der Waals surface area contributed by atoms with Crippen LogP contribution < -0.4 is 5.32 Å². The Balaban J connectivity index is 2.32. The summed E-state index contributed by atoms with van der Waals surface area (Å²) < 4.78 is 0. The largest absolute Gasteiger partial charge is 0.324 e. The van der Waals surface area contributed by atoms with Gasteiger partial charge in [0.25, 0.3) is 0 Å². The summed E-state index contributed by atoms with van der Waals surface area (Å²) in [4.78, 5) is 15.7. The fourth-order valence-corrected chi connectivity index (χ4v) is 2.16.